The van der Waals surface area contributed by atoms with Crippen LogP contribution in [-0.4, -0.2) is 34.3 Å². The molecule has 0 aliphatic heterocycles. The third kappa shape index (κ3) is 4.59. The summed E-state index contributed by atoms with van der Waals surface area (Å²) in [5.74, 6) is 2.58. The Morgan fingerprint density at radius 2 is 1.50 bits per heavy atom. The average molecular weight is 359 g/mol. The van der Waals surface area contributed by atoms with Gasteiger partial charge in [-0.25, -0.2) is 0 Å². The van der Waals surface area contributed by atoms with Crippen LogP contribution in [0, 0.1) is 0 Å². The van der Waals surface area contributed by atoms with E-state index >= 15 is 0 Å². The Bertz CT molecular complexity index is 760. The summed E-state index contributed by atoms with van der Waals surface area (Å²) < 4.78 is 21.2. The number of hydrogen-bond donors (Lipinski definition) is 1. The number of amides is 1. The fourth-order valence-corrected chi connectivity index (χ4v) is 2.72. The van der Waals surface area contributed by atoms with Gasteiger partial charge in [0.15, 0.2) is 0 Å². The summed E-state index contributed by atoms with van der Waals surface area (Å²) in [7, 11) is 6.36. The van der Waals surface area contributed by atoms with Crippen molar-refractivity contribution in [1.29, 1.82) is 0 Å². The first-order valence-corrected chi connectivity index (χ1v) is 8.24. The molecular formula is C20H25NO5. The van der Waals surface area contributed by atoms with Gasteiger partial charge in [0.05, 0.1) is 40.9 Å². The van der Waals surface area contributed by atoms with Crippen LogP contribution in [0.3, 0.4) is 0 Å². The van der Waals surface area contributed by atoms with Gasteiger partial charge in [0.2, 0.25) is 5.91 Å². The molecule has 0 heterocycles. The van der Waals surface area contributed by atoms with Crippen LogP contribution in [0.4, 0.5) is 0 Å². The zero-order chi connectivity index (χ0) is 19.1. The maximum atomic E-state index is 12.5. The Labute approximate surface area is 154 Å². The van der Waals surface area contributed by atoms with E-state index in [0.717, 1.165) is 11.1 Å². The molecule has 2 aromatic carbocycles. The molecule has 1 amide bonds. The standard InChI is InChI=1S/C20H25NO5/c1-13(17-11-15(23-2)8-9-18(17)25-4)21-20(22)10-14-6-7-16(24-3)12-19(14)26-5/h6-9,11-13H,10H2,1-5H3,(H,21,22)/t13-/m0/s1. The van der Waals surface area contributed by atoms with E-state index in [2.05, 4.69) is 5.32 Å². The van der Waals surface area contributed by atoms with Crippen molar-refractivity contribution in [2.75, 3.05) is 28.4 Å². The smallest absolute Gasteiger partial charge is 0.225 e. The monoisotopic (exact) mass is 359 g/mol. The van der Waals surface area contributed by atoms with Crippen molar-refractivity contribution < 1.29 is 23.7 Å². The fourth-order valence-electron chi connectivity index (χ4n) is 2.72. The first-order chi connectivity index (χ1) is 12.5. The second-order valence-electron chi connectivity index (χ2n) is 5.75. The van der Waals surface area contributed by atoms with Crippen molar-refractivity contribution in [2.24, 2.45) is 0 Å². The molecule has 1 atom stereocenters. The molecule has 2 rings (SSSR count). The van der Waals surface area contributed by atoms with Gasteiger partial charge in [-0.05, 0) is 31.2 Å². The zero-order valence-corrected chi connectivity index (χ0v) is 15.8. The van der Waals surface area contributed by atoms with E-state index in [0.29, 0.717) is 23.0 Å². The van der Waals surface area contributed by atoms with Gasteiger partial charge in [-0.3, -0.25) is 4.79 Å². The number of hydrogen-bond acceptors (Lipinski definition) is 5. The lowest BCUT2D eigenvalue weighted by Gasteiger charge is -2.19. The number of rotatable bonds is 8. The highest BCUT2D eigenvalue weighted by molar-refractivity contribution is 5.80. The van der Waals surface area contributed by atoms with Gasteiger partial charge < -0.3 is 24.3 Å². The predicted molar refractivity (Wildman–Crippen MR) is 99.4 cm³/mol. The van der Waals surface area contributed by atoms with Gasteiger partial charge in [0.25, 0.3) is 0 Å². The molecule has 0 saturated carbocycles. The molecule has 0 radical (unpaired) electrons. The Kier molecular flexibility index (Phi) is 6.72. The van der Waals surface area contributed by atoms with E-state index in [1.807, 2.05) is 31.2 Å². The van der Waals surface area contributed by atoms with Crippen molar-refractivity contribution in [3.8, 4) is 23.0 Å². The van der Waals surface area contributed by atoms with Crippen molar-refractivity contribution in [1.82, 2.24) is 5.32 Å². The highest BCUT2D eigenvalue weighted by Crippen LogP contribution is 2.30. The third-order valence-electron chi connectivity index (χ3n) is 4.13. The van der Waals surface area contributed by atoms with Crippen LogP contribution in [0.2, 0.25) is 0 Å². The predicted octanol–water partition coefficient (Wildman–Crippen LogP) is 3.14. The molecule has 6 nitrogen and oxygen atoms in total. The number of nitrogens with one attached hydrogen (secondary N) is 1. The van der Waals surface area contributed by atoms with E-state index in [-0.39, 0.29) is 18.4 Å². The number of benzene rings is 2. The molecule has 1 N–H and O–H groups in total. The molecular weight excluding hydrogens is 334 g/mol. The largest absolute Gasteiger partial charge is 0.497 e. The van der Waals surface area contributed by atoms with Gasteiger partial charge >= 0.3 is 0 Å². The fraction of sp³-hybridized carbons (Fsp3) is 0.350. The van der Waals surface area contributed by atoms with E-state index in [1.54, 1.807) is 40.6 Å². The first-order valence-electron chi connectivity index (χ1n) is 8.24. The summed E-state index contributed by atoms with van der Waals surface area (Å²) >= 11 is 0. The summed E-state index contributed by atoms with van der Waals surface area (Å²) in [5.41, 5.74) is 1.64. The first kappa shape index (κ1) is 19.4. The quantitative estimate of drug-likeness (QED) is 0.784. The van der Waals surface area contributed by atoms with Gasteiger partial charge in [0.1, 0.15) is 23.0 Å². The van der Waals surface area contributed by atoms with Gasteiger partial charge in [0, 0.05) is 17.2 Å². The van der Waals surface area contributed by atoms with Crippen LogP contribution in [-0.2, 0) is 11.2 Å². The maximum absolute atomic E-state index is 12.5. The Balaban J connectivity index is 2.13. The SMILES string of the molecule is COc1ccc(CC(=O)N[C@@H](C)c2cc(OC)ccc2OC)c(OC)c1. The second-order valence-corrected chi connectivity index (χ2v) is 5.75. The summed E-state index contributed by atoms with van der Waals surface area (Å²) in [6.45, 7) is 1.90. The minimum absolute atomic E-state index is 0.120. The minimum atomic E-state index is -0.239. The third-order valence-corrected chi connectivity index (χ3v) is 4.13. The number of ether oxygens (including phenoxy) is 4. The molecule has 0 spiro atoms. The number of carbonyl (C=O) groups is 1. The molecule has 0 fully saturated rings. The molecule has 140 valence electrons. The normalized spacial score (nSPS) is 11.4. The van der Waals surface area contributed by atoms with E-state index in [4.69, 9.17) is 18.9 Å². The van der Waals surface area contributed by atoms with Crippen molar-refractivity contribution in [3.05, 3.63) is 47.5 Å². The van der Waals surface area contributed by atoms with E-state index < -0.39 is 0 Å². The van der Waals surface area contributed by atoms with Gasteiger partial charge in [-0.2, -0.15) is 0 Å². The zero-order valence-electron chi connectivity index (χ0n) is 15.8. The summed E-state index contributed by atoms with van der Waals surface area (Å²) in [5, 5.41) is 2.99. The molecule has 0 aliphatic rings. The number of carbonyl (C=O) groups excluding carboxylic acids is 1. The average Bonchev–Trinajstić information content (AvgIpc) is 2.67. The van der Waals surface area contributed by atoms with Gasteiger partial charge in [-0.15, -0.1) is 0 Å². The molecule has 0 aliphatic carbocycles. The molecule has 0 unspecified atom stereocenters. The second kappa shape index (κ2) is 8.99. The topological polar surface area (TPSA) is 66.0 Å². The molecule has 0 aromatic heterocycles. The van der Waals surface area contributed by atoms with Crippen LogP contribution in [0.15, 0.2) is 36.4 Å². The van der Waals surface area contributed by atoms with Crippen molar-refractivity contribution >= 4 is 5.91 Å². The highest BCUT2D eigenvalue weighted by Gasteiger charge is 2.17. The Morgan fingerprint density at radius 1 is 0.885 bits per heavy atom. The minimum Gasteiger partial charge on any atom is -0.497 e. The van der Waals surface area contributed by atoms with Crippen molar-refractivity contribution in [3.63, 3.8) is 0 Å². The molecule has 0 bridgehead atoms. The van der Waals surface area contributed by atoms with Crippen LogP contribution >= 0.6 is 0 Å². The van der Waals surface area contributed by atoms with Gasteiger partial charge in [-0.1, -0.05) is 6.07 Å². The summed E-state index contributed by atoms with van der Waals surface area (Å²) in [6, 6.07) is 10.7. The lowest BCUT2D eigenvalue weighted by Crippen LogP contribution is -2.28. The van der Waals surface area contributed by atoms with E-state index in [1.165, 1.54) is 0 Å². The highest BCUT2D eigenvalue weighted by atomic mass is 16.5. The Morgan fingerprint density at radius 3 is 2.12 bits per heavy atom. The lowest BCUT2D eigenvalue weighted by molar-refractivity contribution is -0.121. The van der Waals surface area contributed by atoms with Crippen LogP contribution < -0.4 is 24.3 Å². The Hall–Kier alpha value is -2.89. The maximum Gasteiger partial charge on any atom is 0.225 e. The van der Waals surface area contributed by atoms with Crippen LogP contribution in [0.25, 0.3) is 0 Å². The van der Waals surface area contributed by atoms with Crippen molar-refractivity contribution in [2.45, 2.75) is 19.4 Å². The molecule has 2 aromatic rings. The molecule has 26 heavy (non-hydrogen) atoms. The number of methoxy groups -OCH3 is 4. The molecule has 0 saturated heterocycles. The summed E-state index contributed by atoms with van der Waals surface area (Å²) in [4.78, 5) is 12.5. The summed E-state index contributed by atoms with van der Waals surface area (Å²) in [6.07, 6.45) is 0.198. The van der Waals surface area contributed by atoms with Crippen LogP contribution in [0.5, 0.6) is 23.0 Å². The molecule has 6 heteroatoms. The van der Waals surface area contributed by atoms with Crippen LogP contribution in [0.1, 0.15) is 24.1 Å². The lowest BCUT2D eigenvalue weighted by atomic mass is 10.1. The van der Waals surface area contributed by atoms with E-state index in [9.17, 15) is 4.79 Å².